The molecule has 1 aromatic rings. The molecule has 3 fully saturated rings. The molecule has 1 unspecified atom stereocenters. The molecular weight excluding hydrogens is 322 g/mol. The number of aromatic nitrogens is 1. The van der Waals surface area contributed by atoms with Gasteiger partial charge in [-0.1, -0.05) is 6.42 Å². The number of ether oxygens (including phenoxy) is 1. The molecule has 1 N–H and O–H groups in total. The number of nitrogens with zero attached hydrogens (tertiary/aromatic N) is 2. The molecule has 6 heteroatoms. The van der Waals surface area contributed by atoms with Gasteiger partial charge in [0.05, 0.1) is 5.01 Å². The van der Waals surface area contributed by atoms with E-state index >= 15 is 0 Å². The molecule has 0 bridgehead atoms. The summed E-state index contributed by atoms with van der Waals surface area (Å²) in [6.07, 6.45) is 8.88. The topological polar surface area (TPSA) is 54.5 Å². The molecule has 5 nitrogen and oxygen atoms in total. The van der Waals surface area contributed by atoms with Crippen LogP contribution in [-0.2, 0) is 11.2 Å². The van der Waals surface area contributed by atoms with E-state index in [2.05, 4.69) is 22.1 Å². The highest BCUT2D eigenvalue weighted by atomic mass is 32.1. The van der Waals surface area contributed by atoms with Crippen LogP contribution in [0.2, 0.25) is 0 Å². The zero-order chi connectivity index (χ0) is 16.6. The van der Waals surface area contributed by atoms with Gasteiger partial charge < -0.3 is 15.0 Å². The molecule has 0 aromatic carbocycles. The number of nitrogens with one attached hydrogen (secondary N) is 1. The number of carbonyl (C=O) groups is 1. The second kappa shape index (κ2) is 6.64. The van der Waals surface area contributed by atoms with Crippen molar-refractivity contribution in [1.29, 1.82) is 0 Å². The molecule has 1 aliphatic carbocycles. The highest BCUT2D eigenvalue weighted by molar-refractivity contribution is 7.11. The van der Waals surface area contributed by atoms with E-state index < -0.39 is 0 Å². The minimum absolute atomic E-state index is 0.122. The van der Waals surface area contributed by atoms with Gasteiger partial charge in [-0.3, -0.25) is 0 Å². The zero-order valence-corrected chi connectivity index (χ0v) is 15.2. The van der Waals surface area contributed by atoms with Gasteiger partial charge in [-0.05, 0) is 38.5 Å². The second-order valence-corrected chi connectivity index (χ2v) is 8.90. The van der Waals surface area contributed by atoms with Gasteiger partial charge >= 0.3 is 6.03 Å². The Kier molecular flexibility index (Phi) is 4.52. The Balaban J connectivity index is 1.33. The second-order valence-electron chi connectivity index (χ2n) is 7.59. The average Bonchev–Trinajstić information content (AvgIpc) is 2.91. The van der Waals surface area contributed by atoms with Crippen LogP contribution in [0.1, 0.15) is 42.0 Å². The summed E-state index contributed by atoms with van der Waals surface area (Å²) in [7, 11) is 0. The Morgan fingerprint density at radius 2 is 2.25 bits per heavy atom. The van der Waals surface area contributed by atoms with E-state index in [1.165, 1.54) is 24.1 Å². The van der Waals surface area contributed by atoms with Crippen LogP contribution in [-0.4, -0.2) is 48.3 Å². The maximum absolute atomic E-state index is 12.7. The SMILES string of the molecule is Cc1cnc(CCNC(=O)N2CC3(CCC3)C2C2CCOCC2)s1. The van der Waals surface area contributed by atoms with Gasteiger partial charge in [-0.2, -0.15) is 0 Å². The van der Waals surface area contributed by atoms with E-state index in [0.29, 0.717) is 23.9 Å². The Hall–Kier alpha value is -1.14. The summed E-state index contributed by atoms with van der Waals surface area (Å²) in [6, 6.07) is 0.564. The van der Waals surface area contributed by atoms with Gasteiger partial charge in [0, 0.05) is 55.3 Å². The lowest BCUT2D eigenvalue weighted by Gasteiger charge is -2.64. The number of amides is 2. The number of hydrogen-bond donors (Lipinski definition) is 1. The van der Waals surface area contributed by atoms with Crippen molar-refractivity contribution in [3.63, 3.8) is 0 Å². The van der Waals surface area contributed by atoms with Crippen molar-refractivity contribution in [2.24, 2.45) is 11.3 Å². The third-order valence-corrected chi connectivity index (χ3v) is 7.03. The lowest BCUT2D eigenvalue weighted by molar-refractivity contribution is -0.137. The molecule has 2 amide bonds. The van der Waals surface area contributed by atoms with Crippen molar-refractivity contribution < 1.29 is 9.53 Å². The molecule has 4 rings (SSSR count). The maximum Gasteiger partial charge on any atom is 0.317 e. The van der Waals surface area contributed by atoms with Crippen LogP contribution in [0.15, 0.2) is 6.20 Å². The summed E-state index contributed by atoms with van der Waals surface area (Å²) in [5, 5.41) is 4.22. The number of rotatable bonds is 4. The van der Waals surface area contributed by atoms with Gasteiger partial charge in [-0.15, -0.1) is 11.3 Å². The van der Waals surface area contributed by atoms with E-state index in [-0.39, 0.29) is 6.03 Å². The molecule has 24 heavy (non-hydrogen) atoms. The van der Waals surface area contributed by atoms with Crippen molar-refractivity contribution in [2.75, 3.05) is 26.3 Å². The number of hydrogen-bond acceptors (Lipinski definition) is 4. The molecule has 1 aromatic heterocycles. The molecule has 2 saturated heterocycles. The van der Waals surface area contributed by atoms with E-state index in [4.69, 9.17) is 4.74 Å². The van der Waals surface area contributed by atoms with E-state index in [1.54, 1.807) is 11.3 Å². The van der Waals surface area contributed by atoms with Gasteiger partial charge in [0.1, 0.15) is 0 Å². The molecule has 132 valence electrons. The fraction of sp³-hybridized carbons (Fsp3) is 0.778. The van der Waals surface area contributed by atoms with Crippen molar-refractivity contribution in [1.82, 2.24) is 15.2 Å². The summed E-state index contributed by atoms with van der Waals surface area (Å²) < 4.78 is 5.53. The predicted molar refractivity (Wildman–Crippen MR) is 94.3 cm³/mol. The van der Waals surface area contributed by atoms with E-state index in [0.717, 1.165) is 44.0 Å². The Morgan fingerprint density at radius 1 is 1.46 bits per heavy atom. The molecule has 2 aliphatic heterocycles. The summed E-state index contributed by atoms with van der Waals surface area (Å²) in [6.45, 7) is 5.41. The fourth-order valence-electron chi connectivity index (χ4n) is 4.71. The Bertz CT molecular complexity index is 593. The fourth-order valence-corrected chi connectivity index (χ4v) is 5.50. The number of urea groups is 1. The van der Waals surface area contributed by atoms with Gasteiger partial charge in [0.2, 0.25) is 0 Å². The van der Waals surface area contributed by atoms with Crippen molar-refractivity contribution in [2.45, 2.75) is 51.5 Å². The predicted octanol–water partition coefficient (Wildman–Crippen LogP) is 2.98. The van der Waals surface area contributed by atoms with Crippen LogP contribution in [0, 0.1) is 18.3 Å². The van der Waals surface area contributed by atoms with Gasteiger partial charge in [-0.25, -0.2) is 9.78 Å². The summed E-state index contributed by atoms with van der Waals surface area (Å²) in [4.78, 5) is 20.4. The van der Waals surface area contributed by atoms with Crippen LogP contribution < -0.4 is 5.32 Å². The number of aryl methyl sites for hydroxylation is 1. The lowest BCUT2D eigenvalue weighted by atomic mass is 9.54. The van der Waals surface area contributed by atoms with Crippen LogP contribution >= 0.6 is 11.3 Å². The average molecular weight is 350 g/mol. The van der Waals surface area contributed by atoms with E-state index in [1.807, 2.05) is 6.20 Å². The number of carbonyl (C=O) groups excluding carboxylic acids is 1. The smallest absolute Gasteiger partial charge is 0.317 e. The molecule has 3 aliphatic rings. The third-order valence-electron chi connectivity index (χ3n) is 6.06. The number of thiazole rings is 1. The van der Waals surface area contributed by atoms with Crippen LogP contribution in [0.5, 0.6) is 0 Å². The van der Waals surface area contributed by atoms with Gasteiger partial charge in [0.15, 0.2) is 0 Å². The Morgan fingerprint density at radius 3 is 2.88 bits per heavy atom. The van der Waals surface area contributed by atoms with Crippen molar-refractivity contribution >= 4 is 17.4 Å². The lowest BCUT2D eigenvalue weighted by Crippen LogP contribution is -2.72. The van der Waals surface area contributed by atoms with Crippen molar-refractivity contribution in [3.8, 4) is 0 Å². The quantitative estimate of drug-likeness (QED) is 0.909. The summed E-state index contributed by atoms with van der Waals surface area (Å²) >= 11 is 1.71. The normalized spacial score (nSPS) is 26.0. The molecular formula is C18H27N3O2S. The summed E-state index contributed by atoms with van der Waals surface area (Å²) in [5.41, 5.74) is 0.436. The first-order valence-corrected chi connectivity index (χ1v) is 10.0. The molecule has 1 saturated carbocycles. The monoisotopic (exact) mass is 349 g/mol. The molecule has 3 heterocycles. The first kappa shape index (κ1) is 16.3. The largest absolute Gasteiger partial charge is 0.381 e. The van der Waals surface area contributed by atoms with Crippen LogP contribution in [0.3, 0.4) is 0 Å². The van der Waals surface area contributed by atoms with Crippen LogP contribution in [0.25, 0.3) is 0 Å². The summed E-state index contributed by atoms with van der Waals surface area (Å²) in [5.74, 6) is 0.625. The molecule has 1 atom stereocenters. The molecule has 0 radical (unpaired) electrons. The zero-order valence-electron chi connectivity index (χ0n) is 14.4. The standard InChI is InChI=1S/C18H27N3O2S/c1-13-11-20-15(24-13)3-8-19-17(22)21-12-18(6-2-7-18)16(21)14-4-9-23-10-5-14/h11,14,16H,2-10,12H2,1H3,(H,19,22). The van der Waals surface area contributed by atoms with Crippen LogP contribution in [0.4, 0.5) is 4.79 Å². The Labute approximate surface area is 147 Å². The first-order chi connectivity index (χ1) is 11.7. The van der Waals surface area contributed by atoms with E-state index in [9.17, 15) is 4.79 Å². The minimum Gasteiger partial charge on any atom is -0.381 e. The third kappa shape index (κ3) is 2.94. The highest BCUT2D eigenvalue weighted by Gasteiger charge is 2.59. The maximum atomic E-state index is 12.7. The van der Waals surface area contributed by atoms with Gasteiger partial charge in [0.25, 0.3) is 0 Å². The molecule has 1 spiro atoms. The van der Waals surface area contributed by atoms with Crippen molar-refractivity contribution in [3.05, 3.63) is 16.1 Å². The first-order valence-electron chi connectivity index (χ1n) is 9.21. The highest BCUT2D eigenvalue weighted by Crippen LogP contribution is 2.56. The number of likely N-dealkylation sites (tertiary alicyclic amines) is 1. The minimum atomic E-state index is 0.122.